The number of hydrogen-bond acceptors (Lipinski definition) is 5. The Morgan fingerprint density at radius 1 is 0.938 bits per heavy atom. The molecule has 1 aromatic carbocycles. The van der Waals surface area contributed by atoms with Gasteiger partial charge in [0.2, 0.25) is 17.6 Å². The minimum atomic E-state index is -0.420. The summed E-state index contributed by atoms with van der Waals surface area (Å²) in [5.74, 6) is -0.548. The summed E-state index contributed by atoms with van der Waals surface area (Å²) < 4.78 is 5.26. The van der Waals surface area contributed by atoms with Crippen molar-refractivity contribution >= 4 is 46.8 Å². The van der Waals surface area contributed by atoms with E-state index in [0.29, 0.717) is 42.5 Å². The van der Waals surface area contributed by atoms with Crippen LogP contribution in [-0.4, -0.2) is 41.1 Å². The van der Waals surface area contributed by atoms with Crippen LogP contribution in [0.25, 0.3) is 0 Å². The highest BCUT2D eigenvalue weighted by Crippen LogP contribution is 2.56. The van der Waals surface area contributed by atoms with Crippen LogP contribution in [0, 0.1) is 29.6 Å². The van der Waals surface area contributed by atoms with Gasteiger partial charge in [0.1, 0.15) is 0 Å². The highest BCUT2D eigenvalue weighted by molar-refractivity contribution is 6.36. The van der Waals surface area contributed by atoms with E-state index >= 15 is 0 Å². The lowest BCUT2D eigenvalue weighted by Crippen LogP contribution is -2.44. The molecule has 6 nitrogen and oxygen atoms in total. The minimum absolute atomic E-state index is 0.0173. The first kappa shape index (κ1) is 21.9. The summed E-state index contributed by atoms with van der Waals surface area (Å²) in [5, 5.41) is 0.642. The third-order valence-corrected chi connectivity index (χ3v) is 8.48. The van der Waals surface area contributed by atoms with E-state index in [9.17, 15) is 19.2 Å². The molecule has 1 saturated heterocycles. The van der Waals surface area contributed by atoms with E-state index in [1.807, 2.05) is 0 Å². The predicted molar refractivity (Wildman–Crippen MR) is 117 cm³/mol. The van der Waals surface area contributed by atoms with Crippen molar-refractivity contribution < 1.29 is 23.9 Å². The third kappa shape index (κ3) is 3.65. The van der Waals surface area contributed by atoms with Gasteiger partial charge in [-0.3, -0.25) is 24.1 Å². The maximum absolute atomic E-state index is 13.0. The number of ketones is 1. The summed E-state index contributed by atoms with van der Waals surface area (Å²) in [6.07, 6.45) is 5.44. The first-order valence-electron chi connectivity index (χ1n) is 11.4. The van der Waals surface area contributed by atoms with Gasteiger partial charge in [-0.15, -0.1) is 0 Å². The summed E-state index contributed by atoms with van der Waals surface area (Å²) in [6.45, 7) is -0.380. The summed E-state index contributed by atoms with van der Waals surface area (Å²) in [7, 11) is 0. The second kappa shape index (κ2) is 8.45. The van der Waals surface area contributed by atoms with Gasteiger partial charge in [0.05, 0.1) is 22.8 Å². The lowest BCUT2D eigenvalue weighted by Gasteiger charge is -2.33. The summed E-state index contributed by atoms with van der Waals surface area (Å²) in [6, 6.07) is 4.42. The lowest BCUT2D eigenvalue weighted by molar-refractivity contribution is -0.149. The van der Waals surface area contributed by atoms with E-state index in [0.717, 1.165) is 19.3 Å². The van der Waals surface area contributed by atoms with E-state index in [4.69, 9.17) is 27.9 Å². The maximum Gasteiger partial charge on any atom is 0.309 e. The van der Waals surface area contributed by atoms with Crippen molar-refractivity contribution in [2.75, 3.05) is 6.61 Å². The molecule has 8 heteroatoms. The Morgan fingerprint density at radius 3 is 2.16 bits per heavy atom. The van der Waals surface area contributed by atoms with Crippen LogP contribution in [0.3, 0.4) is 0 Å². The van der Waals surface area contributed by atoms with Gasteiger partial charge in [-0.2, -0.15) is 0 Å². The Bertz CT molecular complexity index is 959. The average Bonchev–Trinajstić information content (AvgIpc) is 3.46. The normalized spacial score (nSPS) is 33.5. The van der Waals surface area contributed by atoms with Crippen molar-refractivity contribution in [1.29, 1.82) is 0 Å². The van der Waals surface area contributed by atoms with Gasteiger partial charge < -0.3 is 4.74 Å². The molecular formula is C24H25Cl2NO5. The van der Waals surface area contributed by atoms with Crippen LogP contribution in [0.1, 0.15) is 55.3 Å². The molecule has 2 amide bonds. The number of nitrogens with zero attached hydrogens (tertiary/aromatic N) is 1. The highest BCUT2D eigenvalue weighted by atomic mass is 35.5. The average molecular weight is 478 g/mol. The summed E-state index contributed by atoms with van der Waals surface area (Å²) in [4.78, 5) is 52.4. The zero-order valence-corrected chi connectivity index (χ0v) is 19.1. The Morgan fingerprint density at radius 2 is 1.56 bits per heavy atom. The third-order valence-electron chi connectivity index (χ3n) is 7.93. The number of carbonyl (C=O) groups is 4. The molecule has 0 spiro atoms. The van der Waals surface area contributed by atoms with E-state index in [2.05, 4.69) is 0 Å². The summed E-state index contributed by atoms with van der Waals surface area (Å²) in [5.41, 5.74) is 0.262. The number of imide groups is 1. The fourth-order valence-corrected chi connectivity index (χ4v) is 6.92. The molecule has 2 bridgehead atoms. The van der Waals surface area contributed by atoms with Crippen molar-refractivity contribution in [3.63, 3.8) is 0 Å². The molecule has 0 aromatic heterocycles. The van der Waals surface area contributed by atoms with E-state index in [-0.39, 0.29) is 58.6 Å². The molecule has 1 aromatic rings. The van der Waals surface area contributed by atoms with Crippen LogP contribution >= 0.6 is 23.2 Å². The van der Waals surface area contributed by atoms with E-state index in [1.165, 1.54) is 17.0 Å². The molecule has 5 rings (SSSR count). The highest BCUT2D eigenvalue weighted by Gasteiger charge is 2.61. The van der Waals surface area contributed by atoms with Crippen LogP contribution in [0.15, 0.2) is 18.2 Å². The van der Waals surface area contributed by atoms with E-state index < -0.39 is 5.97 Å². The SMILES string of the molecule is O=C(COC(=O)C1CCC(N2C(=O)[C@H]3[C@@H]4CC[C@@H](C4)[C@@H]3C2=O)CC1)c1ccc(Cl)cc1Cl. The van der Waals surface area contributed by atoms with Crippen molar-refractivity contribution in [2.45, 2.75) is 51.0 Å². The number of benzene rings is 1. The van der Waals surface area contributed by atoms with Gasteiger partial charge in [0.15, 0.2) is 6.61 Å². The number of rotatable bonds is 5. The number of hydrogen-bond donors (Lipinski definition) is 0. The zero-order valence-electron chi connectivity index (χ0n) is 17.6. The smallest absolute Gasteiger partial charge is 0.309 e. The maximum atomic E-state index is 13.0. The molecule has 0 N–H and O–H groups in total. The molecular weight excluding hydrogens is 453 g/mol. The first-order valence-corrected chi connectivity index (χ1v) is 12.1. The molecule has 4 fully saturated rings. The molecule has 32 heavy (non-hydrogen) atoms. The number of halogens is 2. The zero-order chi connectivity index (χ0) is 22.6. The van der Waals surface area contributed by atoms with Gasteiger partial charge in [-0.05, 0) is 75.0 Å². The Hall–Kier alpha value is -1.92. The van der Waals surface area contributed by atoms with Crippen molar-refractivity contribution in [3.05, 3.63) is 33.8 Å². The fourth-order valence-electron chi connectivity index (χ4n) is 6.41. The van der Waals surface area contributed by atoms with Crippen LogP contribution in [0.2, 0.25) is 10.0 Å². The van der Waals surface area contributed by atoms with Crippen LogP contribution < -0.4 is 0 Å². The number of carbonyl (C=O) groups excluding carboxylic acids is 4. The van der Waals surface area contributed by atoms with Gasteiger partial charge >= 0.3 is 5.97 Å². The van der Waals surface area contributed by atoms with Crippen molar-refractivity contribution in [3.8, 4) is 0 Å². The Kier molecular flexibility index (Phi) is 5.79. The van der Waals surface area contributed by atoms with Gasteiger partial charge in [0, 0.05) is 16.6 Å². The topological polar surface area (TPSA) is 80.8 Å². The summed E-state index contributed by atoms with van der Waals surface area (Å²) >= 11 is 11.9. The standard InChI is InChI=1S/C24H25Cl2NO5/c25-15-5-8-17(18(26)10-15)19(28)11-32-24(31)12-3-6-16(7-4-12)27-22(29)20-13-1-2-14(9-13)21(20)23(27)30/h5,8,10,12-14,16,20-21H,1-4,6-7,9,11H2/t12?,13-,14+,16?,20-,21-/m0/s1. The van der Waals surface area contributed by atoms with Crippen LogP contribution in [0.4, 0.5) is 0 Å². The van der Waals surface area contributed by atoms with Crippen LogP contribution in [0.5, 0.6) is 0 Å². The molecule has 0 radical (unpaired) electrons. The molecule has 0 unspecified atom stereocenters. The van der Waals surface area contributed by atoms with Gasteiger partial charge in [0.25, 0.3) is 0 Å². The molecule has 4 aliphatic rings. The number of fused-ring (bicyclic) bond motifs is 5. The van der Waals surface area contributed by atoms with Crippen molar-refractivity contribution in [1.82, 2.24) is 4.90 Å². The number of ether oxygens (including phenoxy) is 1. The molecule has 3 aliphatic carbocycles. The minimum Gasteiger partial charge on any atom is -0.457 e. The molecule has 3 saturated carbocycles. The number of likely N-dealkylation sites (tertiary alicyclic amines) is 1. The molecule has 4 atom stereocenters. The number of amides is 2. The largest absolute Gasteiger partial charge is 0.457 e. The number of Topliss-reactive ketones (excluding diaryl/α,β-unsaturated/α-hetero) is 1. The van der Waals surface area contributed by atoms with Crippen LogP contribution in [-0.2, 0) is 19.1 Å². The fraction of sp³-hybridized carbons (Fsp3) is 0.583. The molecule has 1 heterocycles. The Labute approximate surface area is 196 Å². The second-order valence-electron chi connectivity index (χ2n) is 9.59. The van der Waals surface area contributed by atoms with Crippen molar-refractivity contribution in [2.24, 2.45) is 29.6 Å². The monoisotopic (exact) mass is 477 g/mol. The molecule has 1 aliphatic heterocycles. The van der Waals surface area contributed by atoms with Gasteiger partial charge in [-0.1, -0.05) is 23.2 Å². The quantitative estimate of drug-likeness (QED) is 0.358. The molecule has 170 valence electrons. The first-order chi connectivity index (χ1) is 15.3. The lowest BCUT2D eigenvalue weighted by atomic mass is 9.81. The number of esters is 1. The second-order valence-corrected chi connectivity index (χ2v) is 10.4. The Balaban J connectivity index is 1.14. The predicted octanol–water partition coefficient (Wildman–Crippen LogP) is 4.31. The van der Waals surface area contributed by atoms with E-state index in [1.54, 1.807) is 6.07 Å². The van der Waals surface area contributed by atoms with Gasteiger partial charge in [-0.25, -0.2) is 0 Å².